The highest BCUT2D eigenvalue weighted by Crippen LogP contribution is 2.32. The first kappa shape index (κ1) is 19.8. The first-order valence-corrected chi connectivity index (χ1v) is 11.0. The molecule has 5 rings (SSSR count). The fourth-order valence-electron chi connectivity index (χ4n) is 4.92. The number of piperidine rings is 2. The second-order valence-electron chi connectivity index (χ2n) is 8.69. The van der Waals surface area contributed by atoms with Crippen LogP contribution in [-0.4, -0.2) is 38.9 Å². The van der Waals surface area contributed by atoms with E-state index in [1.807, 2.05) is 18.2 Å². The van der Waals surface area contributed by atoms with Gasteiger partial charge in [-0.15, -0.1) is 10.2 Å². The van der Waals surface area contributed by atoms with Crippen LogP contribution < -0.4 is 16.2 Å². The number of H-pyrrole nitrogens is 1. The normalized spacial score (nSPS) is 22.8. The monoisotopic (exact) mass is 417 g/mol. The predicted molar refractivity (Wildman–Crippen MR) is 121 cm³/mol. The summed E-state index contributed by atoms with van der Waals surface area (Å²) in [5.74, 6) is 1.53. The highest BCUT2D eigenvalue weighted by molar-refractivity contribution is 5.74. The minimum atomic E-state index is -0.178. The van der Waals surface area contributed by atoms with Crippen LogP contribution in [0.4, 0.5) is 5.82 Å². The van der Waals surface area contributed by atoms with Crippen LogP contribution in [0.2, 0.25) is 0 Å². The number of hydrogen-bond acceptors (Lipinski definition) is 6. The SMILES string of the molecule is O=c1cc(-c2ccc(-c3ccc(NCC4CC5CCCC(C4)N5)nn3)c(O)c2)cc[nH]1. The number of phenolic OH excluding ortho intramolecular Hbond substituents is 1. The van der Waals surface area contributed by atoms with E-state index in [1.54, 1.807) is 24.4 Å². The van der Waals surface area contributed by atoms with Gasteiger partial charge in [-0.25, -0.2) is 0 Å². The van der Waals surface area contributed by atoms with Crippen LogP contribution >= 0.6 is 0 Å². The zero-order valence-electron chi connectivity index (χ0n) is 17.3. The highest BCUT2D eigenvalue weighted by Gasteiger charge is 2.30. The molecule has 0 amide bonds. The van der Waals surface area contributed by atoms with E-state index in [9.17, 15) is 9.90 Å². The Labute approximate surface area is 181 Å². The van der Waals surface area contributed by atoms with Gasteiger partial charge in [0.25, 0.3) is 0 Å². The number of fused-ring (bicyclic) bond motifs is 2. The molecule has 160 valence electrons. The van der Waals surface area contributed by atoms with Crippen molar-refractivity contribution in [1.29, 1.82) is 0 Å². The second kappa shape index (κ2) is 8.51. The fourth-order valence-corrected chi connectivity index (χ4v) is 4.92. The van der Waals surface area contributed by atoms with Crippen molar-refractivity contribution in [2.45, 2.75) is 44.2 Å². The summed E-state index contributed by atoms with van der Waals surface area (Å²) in [4.78, 5) is 14.1. The predicted octanol–water partition coefficient (Wildman–Crippen LogP) is 3.54. The van der Waals surface area contributed by atoms with Crippen LogP contribution in [-0.2, 0) is 0 Å². The van der Waals surface area contributed by atoms with Gasteiger partial charge in [-0.3, -0.25) is 4.79 Å². The number of aromatic hydroxyl groups is 1. The third kappa shape index (κ3) is 4.46. The van der Waals surface area contributed by atoms with E-state index in [1.165, 1.54) is 38.2 Å². The number of aromatic amines is 1. The van der Waals surface area contributed by atoms with Gasteiger partial charge < -0.3 is 20.7 Å². The smallest absolute Gasteiger partial charge is 0.248 e. The summed E-state index contributed by atoms with van der Waals surface area (Å²) in [7, 11) is 0. The molecule has 0 aliphatic carbocycles. The van der Waals surface area contributed by atoms with Gasteiger partial charge in [-0.2, -0.15) is 0 Å². The number of nitrogens with zero attached hydrogens (tertiary/aromatic N) is 2. The van der Waals surface area contributed by atoms with Crippen molar-refractivity contribution >= 4 is 5.82 Å². The Balaban J connectivity index is 1.25. The lowest BCUT2D eigenvalue weighted by Gasteiger charge is -2.40. The molecule has 0 saturated carbocycles. The average molecular weight is 418 g/mol. The van der Waals surface area contributed by atoms with Crippen LogP contribution in [0.5, 0.6) is 5.75 Å². The molecular weight excluding hydrogens is 390 g/mol. The summed E-state index contributed by atoms with van der Waals surface area (Å²) < 4.78 is 0. The van der Waals surface area contributed by atoms with Crippen LogP contribution in [0.1, 0.15) is 32.1 Å². The van der Waals surface area contributed by atoms with Gasteiger partial charge in [0.2, 0.25) is 5.56 Å². The molecule has 0 spiro atoms. The van der Waals surface area contributed by atoms with Crippen molar-refractivity contribution in [3.8, 4) is 28.1 Å². The van der Waals surface area contributed by atoms with Gasteiger partial charge in [0.15, 0.2) is 0 Å². The quantitative estimate of drug-likeness (QED) is 0.506. The number of phenols is 1. The van der Waals surface area contributed by atoms with E-state index >= 15 is 0 Å². The third-order valence-electron chi connectivity index (χ3n) is 6.43. The van der Waals surface area contributed by atoms with Gasteiger partial charge in [-0.05, 0) is 73.1 Å². The van der Waals surface area contributed by atoms with E-state index in [0.29, 0.717) is 29.3 Å². The first-order valence-electron chi connectivity index (χ1n) is 11.0. The lowest BCUT2D eigenvalue weighted by molar-refractivity contribution is 0.192. The Morgan fingerprint density at radius 3 is 2.52 bits per heavy atom. The van der Waals surface area contributed by atoms with Crippen LogP contribution in [0.3, 0.4) is 0 Å². The minimum absolute atomic E-state index is 0.106. The van der Waals surface area contributed by atoms with Crippen molar-refractivity contribution in [3.63, 3.8) is 0 Å². The molecule has 0 radical (unpaired) electrons. The van der Waals surface area contributed by atoms with Gasteiger partial charge in [0.05, 0.1) is 5.69 Å². The van der Waals surface area contributed by atoms with Crippen molar-refractivity contribution in [2.24, 2.45) is 5.92 Å². The molecule has 7 heteroatoms. The molecule has 2 aromatic heterocycles. The molecule has 2 aliphatic heterocycles. The molecule has 7 nitrogen and oxygen atoms in total. The first-order chi connectivity index (χ1) is 15.1. The van der Waals surface area contributed by atoms with Crippen LogP contribution in [0, 0.1) is 5.92 Å². The Bertz CT molecular complexity index is 1100. The van der Waals surface area contributed by atoms with E-state index < -0.39 is 0 Å². The molecule has 4 N–H and O–H groups in total. The van der Waals surface area contributed by atoms with Crippen molar-refractivity contribution < 1.29 is 5.11 Å². The average Bonchev–Trinajstić information content (AvgIpc) is 2.78. The molecule has 1 aromatic carbocycles. The zero-order chi connectivity index (χ0) is 21.2. The van der Waals surface area contributed by atoms with E-state index in [0.717, 1.165) is 23.5 Å². The molecule has 4 heterocycles. The van der Waals surface area contributed by atoms with Crippen molar-refractivity contribution in [3.05, 3.63) is 59.0 Å². The lowest BCUT2D eigenvalue weighted by atomic mass is 9.80. The lowest BCUT2D eigenvalue weighted by Crippen LogP contribution is -2.49. The molecule has 2 saturated heterocycles. The summed E-state index contributed by atoms with van der Waals surface area (Å²) in [6.45, 7) is 0.916. The Kier molecular flexibility index (Phi) is 5.42. The van der Waals surface area contributed by atoms with Crippen LogP contribution in [0.15, 0.2) is 53.5 Å². The molecular formula is C24H27N5O2. The number of hydrogen-bond donors (Lipinski definition) is 4. The summed E-state index contributed by atoms with van der Waals surface area (Å²) in [5, 5.41) is 26.3. The summed E-state index contributed by atoms with van der Waals surface area (Å²) in [6, 6.07) is 13.7. The van der Waals surface area contributed by atoms with Gasteiger partial charge >= 0.3 is 0 Å². The Hall–Kier alpha value is -3.19. The third-order valence-corrected chi connectivity index (χ3v) is 6.43. The number of aromatic nitrogens is 3. The standard InChI is InChI=1S/C24H27N5O2/c30-22-12-16(17-8-9-25-24(31)13-17)4-5-20(22)21-6-7-23(29-28-21)26-14-15-10-18-2-1-3-19(11-15)27-18/h4-9,12-13,15,18-19,27,30H,1-3,10-11,14H2,(H,25,31)(H,26,29). The number of pyridine rings is 1. The van der Waals surface area contributed by atoms with E-state index in [-0.39, 0.29) is 11.3 Å². The molecule has 2 fully saturated rings. The Morgan fingerprint density at radius 1 is 1.00 bits per heavy atom. The summed E-state index contributed by atoms with van der Waals surface area (Å²) in [5.41, 5.74) is 2.56. The topological polar surface area (TPSA) is 103 Å². The van der Waals surface area contributed by atoms with Crippen molar-refractivity contribution in [1.82, 2.24) is 20.5 Å². The van der Waals surface area contributed by atoms with Crippen LogP contribution in [0.25, 0.3) is 22.4 Å². The van der Waals surface area contributed by atoms with Gasteiger partial charge in [0.1, 0.15) is 11.6 Å². The van der Waals surface area contributed by atoms with Gasteiger partial charge in [0, 0.05) is 36.5 Å². The molecule has 2 atom stereocenters. The van der Waals surface area contributed by atoms with E-state index in [2.05, 4.69) is 25.8 Å². The fraction of sp³-hybridized carbons (Fsp3) is 0.375. The molecule has 2 bridgehead atoms. The largest absolute Gasteiger partial charge is 0.507 e. The number of nitrogens with one attached hydrogen (secondary N) is 3. The maximum absolute atomic E-state index is 11.5. The number of benzene rings is 1. The maximum atomic E-state index is 11.5. The highest BCUT2D eigenvalue weighted by atomic mass is 16.3. The molecule has 31 heavy (non-hydrogen) atoms. The molecule has 2 unspecified atom stereocenters. The number of anilines is 1. The Morgan fingerprint density at radius 2 is 1.81 bits per heavy atom. The molecule has 3 aromatic rings. The summed E-state index contributed by atoms with van der Waals surface area (Å²) in [6.07, 6.45) is 7.99. The maximum Gasteiger partial charge on any atom is 0.248 e. The van der Waals surface area contributed by atoms with E-state index in [4.69, 9.17) is 0 Å². The minimum Gasteiger partial charge on any atom is -0.507 e. The number of rotatable bonds is 5. The van der Waals surface area contributed by atoms with Gasteiger partial charge in [-0.1, -0.05) is 12.5 Å². The zero-order valence-corrected chi connectivity index (χ0v) is 17.3. The van der Waals surface area contributed by atoms with Crippen molar-refractivity contribution in [2.75, 3.05) is 11.9 Å². The molecule has 2 aliphatic rings. The summed E-state index contributed by atoms with van der Waals surface area (Å²) >= 11 is 0. The second-order valence-corrected chi connectivity index (χ2v) is 8.69.